The summed E-state index contributed by atoms with van der Waals surface area (Å²) in [6.45, 7) is 2.21. The molecule has 0 saturated carbocycles. The Bertz CT molecular complexity index is 437. The molecule has 2 N–H and O–H groups in total. The molecule has 1 aliphatic heterocycles. The molecule has 1 amide bonds. The fourth-order valence-corrected chi connectivity index (χ4v) is 1.94. The Hall–Kier alpha value is -1.26. The smallest absolute Gasteiger partial charge is 0.257 e. The van der Waals surface area contributed by atoms with Gasteiger partial charge in [0.1, 0.15) is 5.75 Å². The highest BCUT2D eigenvalue weighted by molar-refractivity contribution is 6.31. The first kappa shape index (κ1) is 11.2. The summed E-state index contributed by atoms with van der Waals surface area (Å²) in [5, 5.41) is 19.5. The number of carbonyl (C=O) groups excluding carboxylic acids is 1. The van der Waals surface area contributed by atoms with Gasteiger partial charge in [0.05, 0.1) is 24.3 Å². The number of likely N-dealkylation sites (tertiary alicyclic amines) is 1. The minimum Gasteiger partial charge on any atom is -0.507 e. The normalized spacial score (nSPS) is 18.1. The lowest BCUT2D eigenvalue weighted by Crippen LogP contribution is -2.61. The van der Waals surface area contributed by atoms with Crippen LogP contribution in [0.2, 0.25) is 5.02 Å². The number of carbonyl (C=O) groups is 1. The van der Waals surface area contributed by atoms with Crippen molar-refractivity contribution in [1.29, 1.82) is 0 Å². The highest BCUT2D eigenvalue weighted by Crippen LogP contribution is 2.27. The first-order chi connectivity index (χ1) is 7.39. The third-order valence-electron chi connectivity index (χ3n) is 2.54. The predicted molar refractivity (Wildman–Crippen MR) is 59.6 cm³/mol. The van der Waals surface area contributed by atoms with Crippen molar-refractivity contribution in [3.8, 4) is 5.75 Å². The molecule has 2 rings (SSSR count). The SMILES string of the molecule is CC1(O)CN(C(=O)c2cc(Cl)ccc2O)C1. The monoisotopic (exact) mass is 241 g/mol. The van der Waals surface area contributed by atoms with E-state index in [0.717, 1.165) is 0 Å². The number of halogens is 1. The van der Waals surface area contributed by atoms with Gasteiger partial charge in [-0.1, -0.05) is 11.6 Å². The van der Waals surface area contributed by atoms with Gasteiger partial charge in [-0.25, -0.2) is 0 Å². The van der Waals surface area contributed by atoms with E-state index in [1.807, 2.05) is 0 Å². The number of aliphatic hydroxyl groups is 1. The molecular formula is C11H12ClNO3. The van der Waals surface area contributed by atoms with Crippen LogP contribution in [0, 0.1) is 0 Å². The Morgan fingerprint density at radius 2 is 2.12 bits per heavy atom. The average Bonchev–Trinajstić information content (AvgIpc) is 2.17. The van der Waals surface area contributed by atoms with Crippen molar-refractivity contribution in [2.75, 3.05) is 13.1 Å². The quantitative estimate of drug-likeness (QED) is 0.778. The van der Waals surface area contributed by atoms with E-state index in [1.54, 1.807) is 6.92 Å². The van der Waals surface area contributed by atoms with Gasteiger partial charge in [0.15, 0.2) is 0 Å². The summed E-state index contributed by atoms with van der Waals surface area (Å²) in [7, 11) is 0. The largest absolute Gasteiger partial charge is 0.507 e. The Morgan fingerprint density at radius 3 is 2.69 bits per heavy atom. The van der Waals surface area contributed by atoms with E-state index in [9.17, 15) is 15.0 Å². The van der Waals surface area contributed by atoms with E-state index in [0.29, 0.717) is 5.02 Å². The fraction of sp³-hybridized carbons (Fsp3) is 0.364. The molecular weight excluding hydrogens is 230 g/mol. The Kier molecular flexibility index (Phi) is 2.56. The third kappa shape index (κ3) is 1.99. The van der Waals surface area contributed by atoms with Gasteiger partial charge in [0, 0.05) is 5.02 Å². The second-order valence-corrected chi connectivity index (χ2v) is 4.76. The summed E-state index contributed by atoms with van der Waals surface area (Å²) in [5.41, 5.74) is -0.646. The number of amides is 1. The van der Waals surface area contributed by atoms with Crippen molar-refractivity contribution in [1.82, 2.24) is 4.90 Å². The van der Waals surface area contributed by atoms with Crippen molar-refractivity contribution in [3.63, 3.8) is 0 Å². The third-order valence-corrected chi connectivity index (χ3v) is 2.77. The number of hydrogen-bond acceptors (Lipinski definition) is 3. The number of phenolic OH excluding ortho intramolecular Hbond substituents is 1. The number of phenols is 1. The van der Waals surface area contributed by atoms with Gasteiger partial charge in [-0.2, -0.15) is 0 Å². The van der Waals surface area contributed by atoms with Crippen LogP contribution in [-0.4, -0.2) is 39.7 Å². The van der Waals surface area contributed by atoms with Gasteiger partial charge < -0.3 is 15.1 Å². The van der Waals surface area contributed by atoms with E-state index in [2.05, 4.69) is 0 Å². The molecule has 1 fully saturated rings. The van der Waals surface area contributed by atoms with Crippen molar-refractivity contribution in [2.45, 2.75) is 12.5 Å². The number of aromatic hydroxyl groups is 1. The second-order valence-electron chi connectivity index (χ2n) is 4.32. The molecule has 1 aromatic carbocycles. The molecule has 1 aromatic rings. The maximum absolute atomic E-state index is 11.9. The van der Waals surface area contributed by atoms with Crippen molar-refractivity contribution < 1.29 is 15.0 Å². The molecule has 16 heavy (non-hydrogen) atoms. The zero-order chi connectivity index (χ0) is 11.9. The Labute approximate surface area is 98.1 Å². The molecule has 4 nitrogen and oxygen atoms in total. The molecule has 86 valence electrons. The van der Waals surface area contributed by atoms with Crippen LogP contribution in [0.1, 0.15) is 17.3 Å². The predicted octanol–water partition coefficient (Wildman–Crippen LogP) is 1.25. The summed E-state index contributed by atoms with van der Waals surface area (Å²) >= 11 is 5.75. The number of hydrogen-bond donors (Lipinski definition) is 2. The molecule has 0 unspecified atom stereocenters. The minimum absolute atomic E-state index is 0.0963. The first-order valence-electron chi connectivity index (χ1n) is 4.89. The van der Waals surface area contributed by atoms with Crippen LogP contribution in [0.25, 0.3) is 0 Å². The van der Waals surface area contributed by atoms with E-state index in [4.69, 9.17) is 11.6 Å². The van der Waals surface area contributed by atoms with Gasteiger partial charge in [-0.3, -0.25) is 4.79 Å². The van der Waals surface area contributed by atoms with E-state index in [-0.39, 0.29) is 30.3 Å². The maximum atomic E-state index is 11.9. The molecule has 0 atom stereocenters. The fourth-order valence-electron chi connectivity index (χ4n) is 1.77. The summed E-state index contributed by atoms with van der Waals surface area (Å²) in [5.74, 6) is -0.410. The van der Waals surface area contributed by atoms with Gasteiger partial charge in [-0.15, -0.1) is 0 Å². The van der Waals surface area contributed by atoms with Gasteiger partial charge in [0.25, 0.3) is 5.91 Å². The lowest BCUT2D eigenvalue weighted by molar-refractivity contribution is -0.0669. The number of β-amino-alcohol motifs (C(OH)–C–C–N with tert-alkyl or cyclic N) is 1. The Morgan fingerprint density at radius 1 is 1.50 bits per heavy atom. The summed E-state index contributed by atoms with van der Waals surface area (Å²) in [6, 6.07) is 4.32. The maximum Gasteiger partial charge on any atom is 0.257 e. The van der Waals surface area contributed by atoms with Crippen molar-refractivity contribution in [3.05, 3.63) is 28.8 Å². The summed E-state index contributed by atoms with van der Waals surface area (Å²) in [6.07, 6.45) is 0. The molecule has 5 heteroatoms. The topological polar surface area (TPSA) is 60.8 Å². The van der Waals surface area contributed by atoms with Crippen LogP contribution in [0.3, 0.4) is 0 Å². The molecule has 0 spiro atoms. The first-order valence-corrected chi connectivity index (χ1v) is 5.27. The molecule has 0 aromatic heterocycles. The van der Waals surface area contributed by atoms with Crippen LogP contribution >= 0.6 is 11.6 Å². The van der Waals surface area contributed by atoms with Crippen LogP contribution in [-0.2, 0) is 0 Å². The lowest BCUT2D eigenvalue weighted by Gasteiger charge is -2.44. The molecule has 0 radical (unpaired) electrons. The molecule has 0 aliphatic carbocycles. The second kappa shape index (κ2) is 3.64. The molecule has 1 saturated heterocycles. The van der Waals surface area contributed by atoms with Crippen LogP contribution in [0.4, 0.5) is 0 Å². The van der Waals surface area contributed by atoms with Crippen LogP contribution in [0.15, 0.2) is 18.2 Å². The van der Waals surface area contributed by atoms with Gasteiger partial charge in [0.2, 0.25) is 0 Å². The van der Waals surface area contributed by atoms with Crippen molar-refractivity contribution in [2.24, 2.45) is 0 Å². The molecule has 0 bridgehead atoms. The number of nitrogens with zero attached hydrogens (tertiary/aromatic N) is 1. The van der Waals surface area contributed by atoms with Crippen LogP contribution < -0.4 is 0 Å². The van der Waals surface area contributed by atoms with Gasteiger partial charge in [-0.05, 0) is 25.1 Å². The van der Waals surface area contributed by atoms with E-state index in [1.165, 1.54) is 23.1 Å². The minimum atomic E-state index is -0.816. The molecule has 1 heterocycles. The standard InChI is InChI=1S/C11H12ClNO3/c1-11(16)5-13(6-11)10(15)8-4-7(12)2-3-9(8)14/h2-4,14,16H,5-6H2,1H3. The van der Waals surface area contributed by atoms with E-state index < -0.39 is 5.60 Å². The van der Waals surface area contributed by atoms with E-state index >= 15 is 0 Å². The Balaban J connectivity index is 2.19. The highest BCUT2D eigenvalue weighted by atomic mass is 35.5. The number of benzene rings is 1. The zero-order valence-corrected chi connectivity index (χ0v) is 9.53. The summed E-state index contributed by atoms with van der Waals surface area (Å²) in [4.78, 5) is 13.3. The summed E-state index contributed by atoms with van der Waals surface area (Å²) < 4.78 is 0. The highest BCUT2D eigenvalue weighted by Gasteiger charge is 2.40. The zero-order valence-electron chi connectivity index (χ0n) is 8.77. The number of rotatable bonds is 1. The van der Waals surface area contributed by atoms with Crippen molar-refractivity contribution >= 4 is 17.5 Å². The molecule has 1 aliphatic rings. The average molecular weight is 242 g/mol. The van der Waals surface area contributed by atoms with Gasteiger partial charge >= 0.3 is 0 Å². The lowest BCUT2D eigenvalue weighted by atomic mass is 9.96. The van der Waals surface area contributed by atoms with Crippen LogP contribution in [0.5, 0.6) is 5.75 Å².